The minimum Gasteiger partial charge on any atom is -0.497 e. The highest BCUT2D eigenvalue weighted by Crippen LogP contribution is 2.24. The molecule has 6 nitrogen and oxygen atoms in total. The second-order valence-corrected chi connectivity index (χ2v) is 10.2. The zero-order valence-corrected chi connectivity index (χ0v) is 23.2. The van der Waals surface area contributed by atoms with Gasteiger partial charge in [-0.2, -0.15) is 0 Å². The summed E-state index contributed by atoms with van der Waals surface area (Å²) in [7, 11) is 1.58. The molecule has 2 amide bonds. The third-order valence-electron chi connectivity index (χ3n) is 6.56. The van der Waals surface area contributed by atoms with E-state index >= 15 is 0 Å². The number of aromatic nitrogens is 1. The van der Waals surface area contributed by atoms with Gasteiger partial charge < -0.3 is 19.5 Å². The summed E-state index contributed by atoms with van der Waals surface area (Å²) >= 11 is 12.4. The lowest BCUT2D eigenvalue weighted by atomic mass is 10.1. The fourth-order valence-electron chi connectivity index (χ4n) is 4.38. The van der Waals surface area contributed by atoms with Crippen molar-refractivity contribution in [3.8, 4) is 5.75 Å². The number of carbonyl (C=O) groups is 2. The summed E-state index contributed by atoms with van der Waals surface area (Å²) < 4.78 is 5.20. The Morgan fingerprint density at radius 3 is 2.39 bits per heavy atom. The molecule has 0 saturated heterocycles. The van der Waals surface area contributed by atoms with Crippen LogP contribution in [0.3, 0.4) is 0 Å². The van der Waals surface area contributed by atoms with E-state index in [0.717, 1.165) is 22.0 Å². The van der Waals surface area contributed by atoms with Gasteiger partial charge in [-0.1, -0.05) is 47.5 Å². The third kappa shape index (κ3) is 6.50. The van der Waals surface area contributed by atoms with Crippen LogP contribution in [0.1, 0.15) is 35.3 Å². The summed E-state index contributed by atoms with van der Waals surface area (Å²) in [5, 5.41) is 2.03. The summed E-state index contributed by atoms with van der Waals surface area (Å²) in [6, 6.07) is 20.2. The smallest absolute Gasteiger partial charge is 0.254 e. The zero-order valence-electron chi connectivity index (χ0n) is 21.7. The molecule has 1 heterocycles. The number of nitrogens with zero attached hydrogens (tertiary/aromatic N) is 2. The van der Waals surface area contributed by atoms with Crippen molar-refractivity contribution in [1.82, 2.24) is 14.8 Å². The Kier molecular flexibility index (Phi) is 8.97. The highest BCUT2D eigenvalue weighted by atomic mass is 35.5. The van der Waals surface area contributed by atoms with Gasteiger partial charge in [0.15, 0.2) is 0 Å². The molecule has 8 heteroatoms. The van der Waals surface area contributed by atoms with Gasteiger partial charge in [-0.25, -0.2) is 0 Å². The number of nitrogens with one attached hydrogen (secondary N) is 1. The molecular formula is C30H31Cl2N3O3. The van der Waals surface area contributed by atoms with E-state index in [2.05, 4.69) is 11.1 Å². The molecule has 4 aromatic rings. The number of carbonyl (C=O) groups excluding carboxylic acids is 2. The van der Waals surface area contributed by atoms with Crippen LogP contribution in [0.5, 0.6) is 5.75 Å². The lowest BCUT2D eigenvalue weighted by molar-refractivity contribution is -0.132. The number of amides is 2. The number of methoxy groups -OCH3 is 1. The normalized spacial score (nSPS) is 11.1. The molecule has 0 radical (unpaired) electrons. The summed E-state index contributed by atoms with van der Waals surface area (Å²) in [5.74, 6) is 0.312. The van der Waals surface area contributed by atoms with Crippen LogP contribution in [-0.2, 0) is 17.8 Å². The largest absolute Gasteiger partial charge is 0.497 e. The van der Waals surface area contributed by atoms with Crippen LogP contribution in [-0.4, -0.2) is 52.8 Å². The second-order valence-electron chi connectivity index (χ2n) is 9.43. The topological polar surface area (TPSA) is 65.6 Å². The standard InChI is InChI=1S/C30H31Cl2N3O3/c1-20(2)35(30(37)22-9-11-24(38-3)12-10-22)19-29(36)34(18-21-8-13-26(31)27(32)16-21)15-14-23-17-33-28-7-5-4-6-25(23)28/h4-13,16-17,20,33H,14-15,18-19H2,1-3H3. The third-order valence-corrected chi connectivity index (χ3v) is 7.30. The first kappa shape index (κ1) is 27.6. The number of aromatic amines is 1. The van der Waals surface area contributed by atoms with Gasteiger partial charge in [0, 0.05) is 41.8 Å². The predicted molar refractivity (Wildman–Crippen MR) is 153 cm³/mol. The maximum Gasteiger partial charge on any atom is 0.254 e. The zero-order chi connectivity index (χ0) is 27.2. The number of hydrogen-bond donors (Lipinski definition) is 1. The first-order valence-corrected chi connectivity index (χ1v) is 13.2. The number of rotatable bonds is 10. The highest BCUT2D eigenvalue weighted by molar-refractivity contribution is 6.42. The van der Waals surface area contributed by atoms with Crippen LogP contribution in [0, 0.1) is 0 Å². The fraction of sp³-hybridized carbons (Fsp3) is 0.267. The Bertz CT molecular complexity index is 1420. The van der Waals surface area contributed by atoms with Gasteiger partial charge in [-0.3, -0.25) is 9.59 Å². The molecule has 1 aromatic heterocycles. The molecule has 38 heavy (non-hydrogen) atoms. The molecule has 0 aliphatic heterocycles. The van der Waals surface area contributed by atoms with Crippen LogP contribution in [0.15, 0.2) is 72.9 Å². The Balaban J connectivity index is 1.55. The van der Waals surface area contributed by atoms with Crippen molar-refractivity contribution in [3.05, 3.63) is 99.7 Å². The van der Waals surface area contributed by atoms with Gasteiger partial charge in [0.1, 0.15) is 12.3 Å². The minimum atomic E-state index is -0.206. The van der Waals surface area contributed by atoms with Crippen molar-refractivity contribution in [2.24, 2.45) is 0 Å². The van der Waals surface area contributed by atoms with Crippen molar-refractivity contribution in [3.63, 3.8) is 0 Å². The number of hydrogen-bond acceptors (Lipinski definition) is 3. The van der Waals surface area contributed by atoms with Crippen molar-refractivity contribution in [2.45, 2.75) is 32.9 Å². The molecule has 1 N–H and O–H groups in total. The average molecular weight is 553 g/mol. The number of para-hydroxylation sites is 1. The number of halogens is 2. The molecule has 0 bridgehead atoms. The maximum absolute atomic E-state index is 13.7. The first-order chi connectivity index (χ1) is 18.3. The summed E-state index contributed by atoms with van der Waals surface area (Å²) in [4.78, 5) is 33.7. The van der Waals surface area contributed by atoms with Gasteiger partial charge in [0.05, 0.1) is 17.2 Å². The Hall–Kier alpha value is -3.48. The molecule has 0 spiro atoms. The molecule has 0 aliphatic carbocycles. The highest BCUT2D eigenvalue weighted by Gasteiger charge is 2.25. The maximum atomic E-state index is 13.7. The van der Waals surface area contributed by atoms with Gasteiger partial charge >= 0.3 is 0 Å². The summed E-state index contributed by atoms with van der Waals surface area (Å²) in [5.41, 5.74) is 3.55. The van der Waals surface area contributed by atoms with Gasteiger partial charge in [0.2, 0.25) is 5.91 Å². The molecule has 0 atom stereocenters. The second kappa shape index (κ2) is 12.4. The minimum absolute atomic E-state index is 0.0439. The predicted octanol–water partition coefficient (Wildman–Crippen LogP) is 6.61. The van der Waals surface area contributed by atoms with E-state index in [1.165, 1.54) is 0 Å². The summed E-state index contributed by atoms with van der Waals surface area (Å²) in [6.07, 6.45) is 2.64. The first-order valence-electron chi connectivity index (χ1n) is 12.5. The van der Waals surface area contributed by atoms with Crippen molar-refractivity contribution >= 4 is 45.9 Å². The molecule has 0 aliphatic rings. The monoisotopic (exact) mass is 551 g/mol. The molecule has 198 valence electrons. The molecule has 4 rings (SSSR count). The van der Waals surface area contributed by atoms with E-state index in [1.807, 2.05) is 44.3 Å². The fourth-order valence-corrected chi connectivity index (χ4v) is 4.70. The van der Waals surface area contributed by atoms with E-state index < -0.39 is 0 Å². The van der Waals surface area contributed by atoms with E-state index in [-0.39, 0.29) is 24.4 Å². The van der Waals surface area contributed by atoms with E-state index in [9.17, 15) is 9.59 Å². The lowest BCUT2D eigenvalue weighted by Gasteiger charge is -2.30. The Labute approximate surface area is 233 Å². The lowest BCUT2D eigenvalue weighted by Crippen LogP contribution is -2.46. The van der Waals surface area contributed by atoms with Crippen LogP contribution < -0.4 is 4.74 Å². The number of fused-ring (bicyclic) bond motifs is 1. The van der Waals surface area contributed by atoms with Crippen LogP contribution in [0.2, 0.25) is 10.0 Å². The van der Waals surface area contributed by atoms with Crippen LogP contribution in [0.25, 0.3) is 10.9 Å². The number of H-pyrrole nitrogens is 1. The number of benzene rings is 3. The molecule has 0 fully saturated rings. The van der Waals surface area contributed by atoms with Gasteiger partial charge in [-0.15, -0.1) is 0 Å². The number of ether oxygens (including phenoxy) is 1. The molecular weight excluding hydrogens is 521 g/mol. The molecule has 3 aromatic carbocycles. The Morgan fingerprint density at radius 1 is 0.974 bits per heavy atom. The summed E-state index contributed by atoms with van der Waals surface area (Å²) in [6.45, 7) is 4.59. The molecule has 0 saturated carbocycles. The van der Waals surface area contributed by atoms with E-state index in [0.29, 0.717) is 40.9 Å². The van der Waals surface area contributed by atoms with Gasteiger partial charge in [-0.05, 0) is 73.9 Å². The van der Waals surface area contributed by atoms with E-state index in [1.54, 1.807) is 53.3 Å². The molecule has 0 unspecified atom stereocenters. The van der Waals surface area contributed by atoms with Crippen molar-refractivity contribution in [2.75, 3.05) is 20.2 Å². The van der Waals surface area contributed by atoms with Crippen molar-refractivity contribution in [1.29, 1.82) is 0 Å². The SMILES string of the molecule is COc1ccc(C(=O)N(CC(=O)N(CCc2c[nH]c3ccccc23)Cc2ccc(Cl)c(Cl)c2)C(C)C)cc1. The Morgan fingerprint density at radius 2 is 1.71 bits per heavy atom. The van der Waals surface area contributed by atoms with Gasteiger partial charge in [0.25, 0.3) is 5.91 Å². The van der Waals surface area contributed by atoms with Crippen LogP contribution in [0.4, 0.5) is 0 Å². The van der Waals surface area contributed by atoms with E-state index in [4.69, 9.17) is 27.9 Å². The van der Waals surface area contributed by atoms with Crippen LogP contribution >= 0.6 is 23.2 Å². The average Bonchev–Trinajstić information content (AvgIpc) is 3.34. The van der Waals surface area contributed by atoms with Crippen molar-refractivity contribution < 1.29 is 14.3 Å². The quantitative estimate of drug-likeness (QED) is 0.241.